The van der Waals surface area contributed by atoms with Crippen molar-refractivity contribution in [2.45, 2.75) is 20.8 Å². The summed E-state index contributed by atoms with van der Waals surface area (Å²) in [7, 11) is 0. The number of rotatable bonds is 5. The number of pyridine rings is 2. The molecule has 0 amide bonds. The molecular weight excluding hydrogens is 723 g/mol. The van der Waals surface area contributed by atoms with Crippen LogP contribution in [0.1, 0.15) is 16.7 Å². The van der Waals surface area contributed by atoms with Gasteiger partial charge in [-0.3, -0.25) is 32.4 Å². The fraction of sp³-hybridized carbons (Fsp3) is 0.0968. The normalized spacial score (nSPS) is 10.9. The number of halogens is 6. The van der Waals surface area contributed by atoms with Crippen molar-refractivity contribution in [2.24, 2.45) is 0 Å². The molecule has 10 heteroatoms. The molecule has 5 rings (SSSR count). The van der Waals surface area contributed by atoms with Crippen LogP contribution in [0, 0.1) is 67.8 Å². The zero-order chi connectivity index (χ0) is 28.7. The Morgan fingerprint density at radius 3 is 1.44 bits per heavy atom. The number of anilines is 3. The molecule has 0 fully saturated rings. The largest absolute Gasteiger partial charge is 2.00 e. The summed E-state index contributed by atoms with van der Waals surface area (Å²) in [6, 6.07) is 19.1. The molecule has 2 aromatic heterocycles. The van der Waals surface area contributed by atoms with Crippen molar-refractivity contribution in [3.63, 3.8) is 0 Å². The minimum atomic E-state index is -1.65. The van der Waals surface area contributed by atoms with E-state index in [0.717, 1.165) is 16.7 Å². The Labute approximate surface area is 246 Å². The first-order chi connectivity index (χ1) is 19.1. The summed E-state index contributed by atoms with van der Waals surface area (Å²) in [4.78, 5) is 10.6. The summed E-state index contributed by atoms with van der Waals surface area (Å²) in [6.07, 6.45) is 0. The molecule has 0 saturated heterocycles. The predicted octanol–water partition coefficient (Wildman–Crippen LogP) is 8.64. The molecule has 0 atom stereocenters. The van der Waals surface area contributed by atoms with Gasteiger partial charge >= 0.3 is 21.1 Å². The maximum atomic E-state index is 14.6. The van der Waals surface area contributed by atoms with E-state index in [9.17, 15) is 26.3 Å². The monoisotopic (exact) mass is 742 g/mol. The zero-order valence-corrected chi connectivity index (χ0v) is 24.0. The third-order valence-electron chi connectivity index (χ3n) is 6.23. The van der Waals surface area contributed by atoms with E-state index >= 15 is 0 Å². The van der Waals surface area contributed by atoms with Gasteiger partial charge in [-0.1, -0.05) is 53.1 Å². The quantitative estimate of drug-likeness (QED) is 0.103. The van der Waals surface area contributed by atoms with Crippen LogP contribution in [0.4, 0.5) is 43.7 Å². The Kier molecular flexibility index (Phi) is 8.68. The molecule has 210 valence electrons. The van der Waals surface area contributed by atoms with Crippen molar-refractivity contribution >= 4 is 17.3 Å². The van der Waals surface area contributed by atoms with E-state index < -0.39 is 34.9 Å². The van der Waals surface area contributed by atoms with Gasteiger partial charge < -0.3 is 0 Å². The van der Waals surface area contributed by atoms with Gasteiger partial charge in [-0.05, 0) is 55.4 Å². The Hall–Kier alpha value is -3.97. The van der Waals surface area contributed by atoms with Gasteiger partial charge in [-0.25, -0.2) is 8.78 Å². The van der Waals surface area contributed by atoms with E-state index in [2.05, 4.69) is 22.1 Å². The van der Waals surface area contributed by atoms with Crippen molar-refractivity contribution in [1.29, 1.82) is 0 Å². The number of benzene rings is 3. The molecule has 0 spiro atoms. The third-order valence-corrected chi connectivity index (χ3v) is 6.23. The molecule has 41 heavy (non-hydrogen) atoms. The number of hydrogen-bond acceptors (Lipinski definition) is 3. The van der Waals surface area contributed by atoms with Gasteiger partial charge in [0, 0.05) is 0 Å². The van der Waals surface area contributed by atoms with Crippen LogP contribution in [0.5, 0.6) is 0 Å². The van der Waals surface area contributed by atoms with E-state index in [1.54, 1.807) is 29.2 Å². The summed E-state index contributed by atoms with van der Waals surface area (Å²) in [5.74, 6) is -8.52. The first-order valence-corrected chi connectivity index (χ1v) is 12.0. The minimum absolute atomic E-state index is 0. The van der Waals surface area contributed by atoms with Gasteiger partial charge in [-0.2, -0.15) is 0 Å². The average Bonchev–Trinajstić information content (AvgIpc) is 2.92. The van der Waals surface area contributed by atoms with Crippen LogP contribution in [0.25, 0.3) is 22.5 Å². The van der Waals surface area contributed by atoms with Crippen molar-refractivity contribution in [1.82, 2.24) is 9.97 Å². The van der Waals surface area contributed by atoms with E-state index in [4.69, 9.17) is 0 Å². The SMILES string of the molecule is Cc1cc(C)c(N(c2cccc(-c3[c-]cc(F)c(F)c3F)n2)c2cccc(-c3[c-]cc(F)c(F)c3F)n2)c(C)c1.[Pt+2]. The topological polar surface area (TPSA) is 29.0 Å². The summed E-state index contributed by atoms with van der Waals surface area (Å²) in [5, 5.41) is 0. The fourth-order valence-corrected chi connectivity index (χ4v) is 4.57. The summed E-state index contributed by atoms with van der Waals surface area (Å²) < 4.78 is 84.3. The van der Waals surface area contributed by atoms with Gasteiger partial charge in [0.05, 0.1) is 29.0 Å². The minimum Gasteiger partial charge on any atom is -0.280 e. The van der Waals surface area contributed by atoms with Gasteiger partial charge in [0.25, 0.3) is 0 Å². The molecule has 0 aliphatic carbocycles. The molecule has 0 aliphatic rings. The Morgan fingerprint density at radius 1 is 0.610 bits per heavy atom. The Bertz CT molecular complexity index is 1650. The van der Waals surface area contributed by atoms with Crippen molar-refractivity contribution in [3.05, 3.63) is 124 Å². The second-order valence-electron chi connectivity index (χ2n) is 9.12. The van der Waals surface area contributed by atoms with Crippen LogP contribution in [-0.2, 0) is 21.1 Å². The Balaban J connectivity index is 0.00000387. The molecule has 0 saturated carbocycles. The van der Waals surface area contributed by atoms with E-state index in [1.165, 1.54) is 12.1 Å². The van der Waals surface area contributed by atoms with Gasteiger partial charge in [0.2, 0.25) is 0 Å². The van der Waals surface area contributed by atoms with Gasteiger partial charge in [-0.15, -0.1) is 24.3 Å². The number of hydrogen-bond donors (Lipinski definition) is 0. The summed E-state index contributed by atoms with van der Waals surface area (Å²) in [6.45, 7) is 5.65. The maximum absolute atomic E-state index is 14.6. The fourth-order valence-electron chi connectivity index (χ4n) is 4.57. The smallest absolute Gasteiger partial charge is 0.280 e. The van der Waals surface area contributed by atoms with E-state index in [-0.39, 0.29) is 55.2 Å². The van der Waals surface area contributed by atoms with Crippen molar-refractivity contribution < 1.29 is 47.4 Å². The van der Waals surface area contributed by atoms with Crippen LogP contribution in [0.2, 0.25) is 0 Å². The number of aromatic nitrogens is 2. The summed E-state index contributed by atoms with van der Waals surface area (Å²) >= 11 is 0. The average molecular weight is 743 g/mol. The molecule has 0 unspecified atom stereocenters. The van der Waals surface area contributed by atoms with Crippen molar-refractivity contribution in [3.8, 4) is 22.5 Å². The molecule has 0 aliphatic heterocycles. The molecule has 3 aromatic carbocycles. The van der Waals surface area contributed by atoms with Crippen LogP contribution in [-0.4, -0.2) is 9.97 Å². The molecule has 0 bridgehead atoms. The molecule has 3 nitrogen and oxygen atoms in total. The van der Waals surface area contributed by atoms with Crippen LogP contribution in [0.3, 0.4) is 0 Å². The molecule has 0 N–H and O–H groups in total. The van der Waals surface area contributed by atoms with Crippen LogP contribution in [0.15, 0.2) is 60.7 Å². The standard InChI is InChI=1S/C31H19F6N3.Pt/c1-16-14-17(2)31(18(3)15-16)40(25-8-4-6-23(38-25)19-10-12-21(32)29(36)27(19)34)26-9-5-7-24(39-26)20-11-13-22(33)30(37)28(20)35;/h4-9,12-15H,1-3H3;/q-2;+2. The summed E-state index contributed by atoms with van der Waals surface area (Å²) in [5.41, 5.74) is 2.44. The molecule has 2 heterocycles. The second kappa shape index (κ2) is 11.9. The zero-order valence-electron chi connectivity index (χ0n) is 21.7. The first-order valence-electron chi connectivity index (χ1n) is 12.0. The maximum Gasteiger partial charge on any atom is 2.00 e. The van der Waals surface area contributed by atoms with Gasteiger partial charge in [0.15, 0.2) is 0 Å². The van der Waals surface area contributed by atoms with Crippen LogP contribution >= 0.6 is 0 Å². The molecular formula is C31H19F6N3Pt. The first kappa shape index (κ1) is 30.0. The Morgan fingerprint density at radius 2 is 1.02 bits per heavy atom. The van der Waals surface area contributed by atoms with Gasteiger partial charge in [0.1, 0.15) is 23.3 Å². The van der Waals surface area contributed by atoms with Crippen molar-refractivity contribution in [2.75, 3.05) is 4.90 Å². The van der Waals surface area contributed by atoms with E-state index in [1.807, 2.05) is 32.9 Å². The van der Waals surface area contributed by atoms with Crippen LogP contribution < -0.4 is 4.90 Å². The second-order valence-corrected chi connectivity index (χ2v) is 9.12. The predicted molar refractivity (Wildman–Crippen MR) is 139 cm³/mol. The number of aryl methyl sites for hydroxylation is 3. The molecule has 0 radical (unpaired) electrons. The third kappa shape index (κ3) is 5.64. The molecule has 5 aromatic rings. The van der Waals surface area contributed by atoms with E-state index in [0.29, 0.717) is 17.8 Å². The number of nitrogens with zero attached hydrogens (tertiary/aromatic N) is 3.